The Labute approximate surface area is 94.2 Å². The molecule has 0 aliphatic heterocycles. The summed E-state index contributed by atoms with van der Waals surface area (Å²) in [5, 5.41) is 0. The van der Waals surface area contributed by atoms with E-state index < -0.39 is 31.0 Å². The Morgan fingerprint density at radius 3 is 2.41 bits per heavy atom. The summed E-state index contributed by atoms with van der Waals surface area (Å²) < 4.78 is 63.5. The molecule has 1 aromatic carbocycles. The standard InChI is InChI=1S/C10H10F5NO/c11-9(12)5-8(16)6-2-1-3-7(4-6)17-10(13,14)15/h1-4,8-9H,5,16H2/t8-/m1/s1. The molecular formula is C10H10F5NO. The Balaban J connectivity index is 2.78. The quantitative estimate of drug-likeness (QED) is 0.838. The first kappa shape index (κ1) is 13.7. The molecule has 0 fully saturated rings. The zero-order valence-corrected chi connectivity index (χ0v) is 8.55. The summed E-state index contributed by atoms with van der Waals surface area (Å²) in [4.78, 5) is 0. The van der Waals surface area contributed by atoms with Crippen molar-refractivity contribution in [3.05, 3.63) is 29.8 Å². The van der Waals surface area contributed by atoms with Crippen molar-refractivity contribution in [2.45, 2.75) is 25.3 Å². The Hall–Kier alpha value is -1.37. The monoisotopic (exact) mass is 255 g/mol. The van der Waals surface area contributed by atoms with Gasteiger partial charge in [-0.2, -0.15) is 0 Å². The maximum absolute atomic E-state index is 12.1. The molecule has 0 aromatic heterocycles. The Morgan fingerprint density at radius 1 is 1.24 bits per heavy atom. The summed E-state index contributed by atoms with van der Waals surface area (Å²) in [7, 11) is 0. The molecule has 0 spiro atoms. The van der Waals surface area contributed by atoms with Gasteiger partial charge in [0.05, 0.1) is 0 Å². The first-order valence-electron chi connectivity index (χ1n) is 4.67. The van der Waals surface area contributed by atoms with Crippen molar-refractivity contribution in [1.82, 2.24) is 0 Å². The Morgan fingerprint density at radius 2 is 1.88 bits per heavy atom. The molecule has 1 rings (SSSR count). The highest BCUT2D eigenvalue weighted by Crippen LogP contribution is 2.26. The number of nitrogens with two attached hydrogens (primary N) is 1. The lowest BCUT2D eigenvalue weighted by atomic mass is 10.0. The zero-order valence-electron chi connectivity index (χ0n) is 8.55. The third-order valence-corrected chi connectivity index (χ3v) is 1.95. The van der Waals surface area contributed by atoms with E-state index >= 15 is 0 Å². The van der Waals surface area contributed by atoms with Gasteiger partial charge in [-0.25, -0.2) is 8.78 Å². The molecule has 1 atom stereocenters. The van der Waals surface area contributed by atoms with Gasteiger partial charge < -0.3 is 10.5 Å². The highest BCUT2D eigenvalue weighted by Gasteiger charge is 2.31. The molecule has 0 aliphatic rings. The van der Waals surface area contributed by atoms with Gasteiger partial charge >= 0.3 is 6.36 Å². The lowest BCUT2D eigenvalue weighted by Gasteiger charge is -2.14. The normalized spacial score (nSPS) is 13.8. The summed E-state index contributed by atoms with van der Waals surface area (Å²) >= 11 is 0. The van der Waals surface area contributed by atoms with Crippen LogP contribution in [0.4, 0.5) is 22.0 Å². The molecule has 0 heterocycles. The van der Waals surface area contributed by atoms with Crippen molar-refractivity contribution < 1.29 is 26.7 Å². The molecule has 17 heavy (non-hydrogen) atoms. The first-order valence-corrected chi connectivity index (χ1v) is 4.67. The second kappa shape index (κ2) is 5.31. The van der Waals surface area contributed by atoms with Crippen LogP contribution in [0.2, 0.25) is 0 Å². The van der Waals surface area contributed by atoms with E-state index in [2.05, 4.69) is 4.74 Å². The van der Waals surface area contributed by atoms with Gasteiger partial charge in [0.15, 0.2) is 0 Å². The van der Waals surface area contributed by atoms with Crippen LogP contribution in [0.15, 0.2) is 24.3 Å². The van der Waals surface area contributed by atoms with Crippen LogP contribution in [0.1, 0.15) is 18.0 Å². The van der Waals surface area contributed by atoms with Crippen LogP contribution in [0.5, 0.6) is 5.75 Å². The van der Waals surface area contributed by atoms with Crippen molar-refractivity contribution in [2.75, 3.05) is 0 Å². The van der Waals surface area contributed by atoms with Gasteiger partial charge in [-0.05, 0) is 17.7 Å². The average molecular weight is 255 g/mol. The molecule has 0 radical (unpaired) electrons. The van der Waals surface area contributed by atoms with Crippen molar-refractivity contribution in [3.63, 3.8) is 0 Å². The lowest BCUT2D eigenvalue weighted by Crippen LogP contribution is -2.18. The van der Waals surface area contributed by atoms with Gasteiger partial charge in [0.1, 0.15) is 5.75 Å². The summed E-state index contributed by atoms with van der Waals surface area (Å²) in [6.45, 7) is 0. The largest absolute Gasteiger partial charge is 0.573 e. The highest BCUT2D eigenvalue weighted by atomic mass is 19.4. The van der Waals surface area contributed by atoms with E-state index in [0.717, 1.165) is 12.1 Å². The number of hydrogen-bond donors (Lipinski definition) is 1. The number of ether oxygens (including phenoxy) is 1. The topological polar surface area (TPSA) is 35.2 Å². The fourth-order valence-corrected chi connectivity index (χ4v) is 1.27. The van der Waals surface area contributed by atoms with Crippen molar-refractivity contribution >= 4 is 0 Å². The lowest BCUT2D eigenvalue weighted by molar-refractivity contribution is -0.274. The Kier molecular flexibility index (Phi) is 4.28. The van der Waals surface area contributed by atoms with Gasteiger partial charge in [-0.15, -0.1) is 13.2 Å². The number of benzene rings is 1. The van der Waals surface area contributed by atoms with E-state index in [4.69, 9.17) is 5.73 Å². The van der Waals surface area contributed by atoms with E-state index in [1.807, 2.05) is 0 Å². The maximum atomic E-state index is 12.1. The van der Waals surface area contributed by atoms with E-state index in [9.17, 15) is 22.0 Å². The molecule has 0 saturated heterocycles. The van der Waals surface area contributed by atoms with Gasteiger partial charge in [0.25, 0.3) is 0 Å². The smallest absolute Gasteiger partial charge is 0.406 e. The van der Waals surface area contributed by atoms with Crippen LogP contribution in [0, 0.1) is 0 Å². The maximum Gasteiger partial charge on any atom is 0.573 e. The van der Waals surface area contributed by atoms with Crippen LogP contribution >= 0.6 is 0 Å². The molecule has 1 aromatic rings. The third-order valence-electron chi connectivity index (χ3n) is 1.95. The van der Waals surface area contributed by atoms with Crippen molar-refractivity contribution in [1.29, 1.82) is 0 Å². The predicted molar refractivity (Wildman–Crippen MR) is 50.7 cm³/mol. The van der Waals surface area contributed by atoms with Gasteiger partial charge in [-0.1, -0.05) is 12.1 Å². The number of halogens is 5. The number of hydrogen-bond acceptors (Lipinski definition) is 2. The fraction of sp³-hybridized carbons (Fsp3) is 0.400. The molecular weight excluding hydrogens is 245 g/mol. The second-order valence-electron chi connectivity index (χ2n) is 3.35. The Bertz CT molecular complexity index is 366. The summed E-state index contributed by atoms with van der Waals surface area (Å²) in [6.07, 6.45) is -8.04. The fourth-order valence-electron chi connectivity index (χ4n) is 1.27. The van der Waals surface area contributed by atoms with Crippen LogP contribution in [0.25, 0.3) is 0 Å². The number of rotatable bonds is 4. The van der Waals surface area contributed by atoms with Gasteiger partial charge in [0.2, 0.25) is 6.43 Å². The highest BCUT2D eigenvalue weighted by molar-refractivity contribution is 5.30. The van der Waals surface area contributed by atoms with Crippen LogP contribution in [-0.2, 0) is 0 Å². The molecule has 0 unspecified atom stereocenters. The molecule has 2 N–H and O–H groups in total. The molecule has 96 valence electrons. The van der Waals surface area contributed by atoms with E-state index in [1.165, 1.54) is 12.1 Å². The molecule has 0 aliphatic carbocycles. The molecule has 2 nitrogen and oxygen atoms in total. The summed E-state index contributed by atoms with van der Waals surface area (Å²) in [5.41, 5.74) is 5.58. The van der Waals surface area contributed by atoms with Crippen LogP contribution < -0.4 is 10.5 Å². The summed E-state index contributed by atoms with van der Waals surface area (Å²) in [6, 6.07) is 3.69. The molecule has 0 bridgehead atoms. The average Bonchev–Trinajstić information content (AvgIpc) is 2.14. The SMILES string of the molecule is N[C@H](CC(F)F)c1cccc(OC(F)(F)F)c1. The number of alkyl halides is 5. The second-order valence-corrected chi connectivity index (χ2v) is 3.35. The minimum atomic E-state index is -4.81. The predicted octanol–water partition coefficient (Wildman–Crippen LogP) is 3.24. The summed E-state index contributed by atoms with van der Waals surface area (Å²) in [5.74, 6) is -0.472. The first-order chi connectivity index (χ1) is 7.78. The van der Waals surface area contributed by atoms with E-state index in [-0.39, 0.29) is 5.56 Å². The molecule has 7 heteroatoms. The molecule has 0 amide bonds. The van der Waals surface area contributed by atoms with Gasteiger partial charge in [0, 0.05) is 12.5 Å². The van der Waals surface area contributed by atoms with Crippen molar-refractivity contribution in [3.8, 4) is 5.75 Å². The third kappa shape index (κ3) is 4.99. The minimum absolute atomic E-state index is 0.173. The minimum Gasteiger partial charge on any atom is -0.406 e. The van der Waals surface area contributed by atoms with E-state index in [0.29, 0.717) is 0 Å². The van der Waals surface area contributed by atoms with E-state index in [1.54, 1.807) is 0 Å². The van der Waals surface area contributed by atoms with Gasteiger partial charge in [-0.3, -0.25) is 0 Å². The molecule has 0 saturated carbocycles. The zero-order chi connectivity index (χ0) is 13.1. The van der Waals surface area contributed by atoms with Crippen LogP contribution in [0.3, 0.4) is 0 Å². The van der Waals surface area contributed by atoms with Crippen molar-refractivity contribution in [2.24, 2.45) is 5.73 Å². The van der Waals surface area contributed by atoms with Crippen LogP contribution in [-0.4, -0.2) is 12.8 Å².